The molecule has 12 nitrogen and oxygen atoms in total. The number of hydrogen-bond acceptors (Lipinski definition) is 11. The standard InChI is InChI=1S/C12H14O6.C6H10O4.C3H4O2.CH4/c1-3-9(13)17-7-5-15-12-8(6-16-11(7)12)18-10(14)4-2;7-3-1-9-6-4(8)2-10-5(3)6;1-2-3(4)5;/h3-4,7-8,11-12H,1-2,5-6H2;3-8H,1-2H2;2H,1H2,(H,4,5);1H4/t7-,8+,11?,12?;3-,4+,5?,6?;;. The molecule has 4 unspecified atom stereocenters. The Kier molecular flexibility index (Phi) is 12.1. The molecule has 4 aliphatic heterocycles. The van der Waals surface area contributed by atoms with E-state index >= 15 is 0 Å². The number of carboxylic acids is 1. The van der Waals surface area contributed by atoms with Gasteiger partial charge in [-0.25, -0.2) is 14.4 Å². The first-order chi connectivity index (χ1) is 15.7. The summed E-state index contributed by atoms with van der Waals surface area (Å²) in [4.78, 5) is 31.5. The Bertz CT molecular complexity index is 685. The van der Waals surface area contributed by atoms with Crippen LogP contribution in [0.2, 0.25) is 0 Å². The lowest BCUT2D eigenvalue weighted by Gasteiger charge is -2.16. The summed E-state index contributed by atoms with van der Waals surface area (Å²) in [7, 11) is 0. The minimum Gasteiger partial charge on any atom is -0.478 e. The van der Waals surface area contributed by atoms with Crippen molar-refractivity contribution in [2.45, 2.75) is 56.3 Å². The summed E-state index contributed by atoms with van der Waals surface area (Å²) in [6.07, 6.45) is -0.502. The molecule has 0 aromatic heterocycles. The van der Waals surface area contributed by atoms with Crippen molar-refractivity contribution in [1.82, 2.24) is 0 Å². The molecule has 4 aliphatic rings. The molecule has 0 bridgehead atoms. The highest BCUT2D eigenvalue weighted by Crippen LogP contribution is 2.30. The van der Waals surface area contributed by atoms with Gasteiger partial charge in [-0.1, -0.05) is 27.2 Å². The Balaban J connectivity index is 0.000000303. The van der Waals surface area contributed by atoms with Gasteiger partial charge in [-0.3, -0.25) is 0 Å². The monoisotopic (exact) mass is 488 g/mol. The zero-order valence-electron chi connectivity index (χ0n) is 17.8. The molecule has 4 heterocycles. The van der Waals surface area contributed by atoms with Crippen molar-refractivity contribution in [2.24, 2.45) is 0 Å². The summed E-state index contributed by atoms with van der Waals surface area (Å²) >= 11 is 0. The van der Waals surface area contributed by atoms with E-state index in [1.54, 1.807) is 0 Å². The van der Waals surface area contributed by atoms with Crippen molar-refractivity contribution in [3.63, 3.8) is 0 Å². The molecule has 8 atom stereocenters. The predicted octanol–water partition coefficient (Wildman–Crippen LogP) is -0.621. The van der Waals surface area contributed by atoms with Crippen LogP contribution in [0.5, 0.6) is 0 Å². The quantitative estimate of drug-likeness (QED) is 0.332. The second-order valence-corrected chi connectivity index (χ2v) is 7.23. The lowest BCUT2D eigenvalue weighted by molar-refractivity contribution is -0.149. The maximum absolute atomic E-state index is 11.1. The van der Waals surface area contributed by atoms with Crippen LogP contribution in [-0.4, -0.2) is 108 Å². The van der Waals surface area contributed by atoms with Gasteiger partial charge in [-0.2, -0.15) is 0 Å². The summed E-state index contributed by atoms with van der Waals surface area (Å²) in [6.45, 7) is 10.6. The first kappa shape index (κ1) is 29.4. The van der Waals surface area contributed by atoms with Crippen LogP contribution in [0.4, 0.5) is 0 Å². The second-order valence-electron chi connectivity index (χ2n) is 7.23. The van der Waals surface area contributed by atoms with Gasteiger partial charge in [-0.15, -0.1) is 0 Å². The Morgan fingerprint density at radius 1 is 0.676 bits per heavy atom. The average molecular weight is 488 g/mol. The molecule has 12 heteroatoms. The Morgan fingerprint density at radius 3 is 1.29 bits per heavy atom. The number of carbonyl (C=O) groups excluding carboxylic acids is 2. The third-order valence-electron chi connectivity index (χ3n) is 5.01. The number of esters is 2. The number of carboxylic acid groups (broad SMARTS) is 1. The van der Waals surface area contributed by atoms with Crippen LogP contribution in [0, 0.1) is 0 Å². The number of aliphatic carboxylic acids is 1. The SMILES string of the molecule is C.C=CC(=O)O.C=CC(=O)O[C@H]1COC2C1OC[C@H]2OC(=O)C=C.O[C@@H]1COC2C1OC[C@@H]2O. The molecule has 0 aliphatic carbocycles. The predicted molar refractivity (Wildman–Crippen MR) is 116 cm³/mol. The molecule has 3 N–H and O–H groups in total. The van der Waals surface area contributed by atoms with E-state index in [1.807, 2.05) is 0 Å². The molecular weight excluding hydrogens is 456 g/mol. The number of ether oxygens (including phenoxy) is 6. The minimum absolute atomic E-state index is 0. The molecule has 192 valence electrons. The zero-order chi connectivity index (χ0) is 24.5. The number of hydrogen-bond donors (Lipinski definition) is 3. The van der Waals surface area contributed by atoms with E-state index in [1.165, 1.54) is 0 Å². The lowest BCUT2D eigenvalue weighted by atomic mass is 10.1. The molecule has 0 spiro atoms. The van der Waals surface area contributed by atoms with E-state index in [9.17, 15) is 14.4 Å². The number of fused-ring (bicyclic) bond motifs is 2. The summed E-state index contributed by atoms with van der Waals surface area (Å²) < 4.78 is 31.2. The fourth-order valence-corrected chi connectivity index (χ4v) is 3.48. The lowest BCUT2D eigenvalue weighted by Crippen LogP contribution is -2.35. The third-order valence-corrected chi connectivity index (χ3v) is 5.01. The second kappa shape index (κ2) is 13.9. The molecular formula is C22H32O12. The van der Waals surface area contributed by atoms with E-state index in [-0.39, 0.29) is 46.1 Å². The normalized spacial score (nSPS) is 34.4. The smallest absolute Gasteiger partial charge is 0.330 e. The maximum atomic E-state index is 11.1. The van der Waals surface area contributed by atoms with E-state index in [0.29, 0.717) is 0 Å². The van der Waals surface area contributed by atoms with E-state index in [2.05, 4.69) is 19.7 Å². The van der Waals surface area contributed by atoms with E-state index < -0.39 is 54.5 Å². The fourth-order valence-electron chi connectivity index (χ4n) is 3.48. The molecule has 0 aromatic carbocycles. The van der Waals surface area contributed by atoms with Crippen molar-refractivity contribution in [1.29, 1.82) is 0 Å². The minimum atomic E-state index is -0.981. The Hall–Kier alpha value is -2.61. The van der Waals surface area contributed by atoms with E-state index in [4.69, 9.17) is 43.7 Å². The zero-order valence-corrected chi connectivity index (χ0v) is 17.8. The van der Waals surface area contributed by atoms with Crippen molar-refractivity contribution in [3.8, 4) is 0 Å². The van der Waals surface area contributed by atoms with Gasteiger partial charge in [0.15, 0.2) is 12.2 Å². The number of aliphatic hydroxyl groups is 2. The highest BCUT2D eigenvalue weighted by Gasteiger charge is 2.51. The fraction of sp³-hybridized carbons (Fsp3) is 0.591. The van der Waals surface area contributed by atoms with Crippen LogP contribution in [0.1, 0.15) is 7.43 Å². The number of aliphatic hydroxyl groups excluding tert-OH is 2. The first-order valence-electron chi connectivity index (χ1n) is 10.1. The molecule has 4 saturated heterocycles. The van der Waals surface area contributed by atoms with Gasteiger partial charge in [-0.05, 0) is 0 Å². The largest absolute Gasteiger partial charge is 0.478 e. The highest BCUT2D eigenvalue weighted by molar-refractivity contribution is 5.82. The molecule has 0 amide bonds. The van der Waals surface area contributed by atoms with Gasteiger partial charge < -0.3 is 43.7 Å². The summed E-state index contributed by atoms with van der Waals surface area (Å²) in [5.74, 6) is -2.04. The summed E-state index contributed by atoms with van der Waals surface area (Å²) in [6, 6.07) is 0. The van der Waals surface area contributed by atoms with Crippen LogP contribution < -0.4 is 0 Å². The van der Waals surface area contributed by atoms with Gasteiger partial charge in [0, 0.05) is 18.2 Å². The third kappa shape index (κ3) is 7.72. The van der Waals surface area contributed by atoms with Crippen molar-refractivity contribution in [2.75, 3.05) is 26.4 Å². The number of rotatable bonds is 5. The molecule has 34 heavy (non-hydrogen) atoms. The van der Waals surface area contributed by atoms with E-state index in [0.717, 1.165) is 18.2 Å². The van der Waals surface area contributed by atoms with Gasteiger partial charge in [0.25, 0.3) is 0 Å². The van der Waals surface area contributed by atoms with Gasteiger partial charge in [0.2, 0.25) is 0 Å². The van der Waals surface area contributed by atoms with Crippen LogP contribution in [-0.2, 0) is 42.8 Å². The topological polar surface area (TPSA) is 167 Å². The van der Waals surface area contributed by atoms with Gasteiger partial charge in [0.1, 0.15) is 36.6 Å². The van der Waals surface area contributed by atoms with Crippen LogP contribution in [0.25, 0.3) is 0 Å². The van der Waals surface area contributed by atoms with Gasteiger partial charge >= 0.3 is 17.9 Å². The molecule has 0 aromatic rings. The summed E-state index contributed by atoms with van der Waals surface area (Å²) in [5.41, 5.74) is 0. The first-order valence-corrected chi connectivity index (χ1v) is 10.1. The molecule has 4 rings (SSSR count). The highest BCUT2D eigenvalue weighted by atomic mass is 16.7. The molecule has 0 saturated carbocycles. The Morgan fingerprint density at radius 2 is 1.00 bits per heavy atom. The van der Waals surface area contributed by atoms with Crippen LogP contribution in [0.3, 0.4) is 0 Å². The number of carbonyl (C=O) groups is 3. The molecule has 0 radical (unpaired) electrons. The van der Waals surface area contributed by atoms with Crippen LogP contribution >= 0.6 is 0 Å². The average Bonchev–Trinajstić information content (AvgIpc) is 3.56. The molecule has 4 fully saturated rings. The Labute approximate surface area is 197 Å². The summed E-state index contributed by atoms with van der Waals surface area (Å²) in [5, 5.41) is 25.9. The van der Waals surface area contributed by atoms with Crippen molar-refractivity contribution < 1.29 is 58.1 Å². The van der Waals surface area contributed by atoms with Gasteiger partial charge in [0.05, 0.1) is 26.4 Å². The van der Waals surface area contributed by atoms with Crippen molar-refractivity contribution in [3.05, 3.63) is 38.0 Å². The van der Waals surface area contributed by atoms with Crippen LogP contribution in [0.15, 0.2) is 38.0 Å². The maximum Gasteiger partial charge on any atom is 0.330 e. The van der Waals surface area contributed by atoms with Crippen molar-refractivity contribution >= 4 is 17.9 Å².